The normalized spacial score (nSPS) is 18.8. The van der Waals surface area contributed by atoms with Gasteiger partial charge in [0.15, 0.2) is 5.82 Å². The first kappa shape index (κ1) is 24.4. The fourth-order valence-corrected chi connectivity index (χ4v) is 4.58. The van der Waals surface area contributed by atoms with Gasteiger partial charge in [0.2, 0.25) is 0 Å². The van der Waals surface area contributed by atoms with Crippen molar-refractivity contribution in [3.8, 4) is 11.4 Å². The Morgan fingerprint density at radius 1 is 0.853 bits per heavy atom. The lowest BCUT2D eigenvalue weighted by molar-refractivity contribution is -0.143. The topological polar surface area (TPSA) is 49.3 Å². The van der Waals surface area contributed by atoms with Crippen LogP contribution in [-0.4, -0.2) is 57.9 Å². The average Bonchev–Trinajstić information content (AvgIpc) is 2.83. The van der Waals surface area contributed by atoms with E-state index in [1.165, 1.54) is 31.5 Å². The summed E-state index contributed by atoms with van der Waals surface area (Å²) in [4.78, 5) is 24.9. The van der Waals surface area contributed by atoms with Gasteiger partial charge in [0.05, 0.1) is 11.1 Å². The Bertz CT molecular complexity index is 993. The minimum atomic E-state index is -4.98. The molecule has 1 aromatic heterocycles. The van der Waals surface area contributed by atoms with Gasteiger partial charge in [0, 0.05) is 30.9 Å². The molecule has 0 atom stereocenters. The third-order valence-corrected chi connectivity index (χ3v) is 6.38. The van der Waals surface area contributed by atoms with Gasteiger partial charge in [-0.15, -0.1) is 0 Å². The van der Waals surface area contributed by atoms with Crippen LogP contribution in [0.15, 0.2) is 30.5 Å². The Hall–Kier alpha value is -2.69. The van der Waals surface area contributed by atoms with Gasteiger partial charge >= 0.3 is 12.4 Å². The van der Waals surface area contributed by atoms with Crippen LogP contribution in [0.1, 0.15) is 53.7 Å². The molecule has 11 heteroatoms. The molecule has 5 nitrogen and oxygen atoms in total. The van der Waals surface area contributed by atoms with Crippen molar-refractivity contribution >= 4 is 5.91 Å². The van der Waals surface area contributed by atoms with E-state index in [0.29, 0.717) is 31.3 Å². The number of amides is 1. The number of aromatic nitrogens is 2. The molecule has 0 aliphatic carbocycles. The van der Waals surface area contributed by atoms with Crippen molar-refractivity contribution < 1.29 is 31.1 Å². The molecule has 34 heavy (non-hydrogen) atoms. The number of hydrogen-bond donors (Lipinski definition) is 0. The summed E-state index contributed by atoms with van der Waals surface area (Å²) in [6.45, 7) is 3.15. The van der Waals surface area contributed by atoms with E-state index in [1.807, 2.05) is 0 Å². The van der Waals surface area contributed by atoms with E-state index in [2.05, 4.69) is 14.9 Å². The number of alkyl halides is 6. The number of benzene rings is 1. The van der Waals surface area contributed by atoms with Crippen LogP contribution < -0.4 is 0 Å². The van der Waals surface area contributed by atoms with E-state index < -0.39 is 35.0 Å². The lowest BCUT2D eigenvalue weighted by Gasteiger charge is -2.40. The van der Waals surface area contributed by atoms with Gasteiger partial charge in [-0.2, -0.15) is 26.3 Å². The van der Waals surface area contributed by atoms with Crippen LogP contribution in [0.25, 0.3) is 11.4 Å². The lowest BCUT2D eigenvalue weighted by Crippen LogP contribution is -2.48. The van der Waals surface area contributed by atoms with Crippen LogP contribution in [0.2, 0.25) is 0 Å². The van der Waals surface area contributed by atoms with E-state index >= 15 is 0 Å². The highest BCUT2D eigenvalue weighted by Crippen LogP contribution is 2.38. The van der Waals surface area contributed by atoms with Crippen LogP contribution >= 0.6 is 0 Å². The van der Waals surface area contributed by atoms with Gasteiger partial charge in [0.1, 0.15) is 5.69 Å². The maximum atomic E-state index is 13.2. The first-order valence-corrected chi connectivity index (χ1v) is 11.2. The zero-order valence-corrected chi connectivity index (χ0v) is 18.3. The highest BCUT2D eigenvalue weighted by Gasteiger charge is 2.37. The number of nitrogens with zero attached hydrogens (tertiary/aromatic N) is 4. The molecule has 184 valence electrons. The summed E-state index contributed by atoms with van der Waals surface area (Å²) in [5.41, 5.74) is -3.44. The first-order valence-electron chi connectivity index (χ1n) is 11.2. The molecular weight excluding hydrogens is 462 g/mol. The molecular formula is C23H24F6N4O. The van der Waals surface area contributed by atoms with Crippen molar-refractivity contribution in [3.05, 3.63) is 47.3 Å². The lowest BCUT2D eigenvalue weighted by atomic mass is 9.99. The molecule has 0 unspecified atom stereocenters. The maximum Gasteiger partial charge on any atom is 0.416 e. The van der Waals surface area contributed by atoms with Crippen molar-refractivity contribution in [2.24, 2.45) is 0 Å². The van der Waals surface area contributed by atoms with Gasteiger partial charge in [-0.3, -0.25) is 4.79 Å². The molecule has 2 aliphatic rings. The van der Waals surface area contributed by atoms with Crippen molar-refractivity contribution in [2.45, 2.75) is 50.5 Å². The molecule has 2 aliphatic heterocycles. The summed E-state index contributed by atoms with van der Waals surface area (Å²) in [6, 6.07) is 2.90. The van der Waals surface area contributed by atoms with Crippen LogP contribution in [0, 0.1) is 0 Å². The summed E-state index contributed by atoms with van der Waals surface area (Å²) in [7, 11) is 0. The largest absolute Gasteiger partial charge is 0.416 e. The highest BCUT2D eigenvalue weighted by atomic mass is 19.4. The molecule has 2 saturated heterocycles. The molecule has 0 bridgehead atoms. The Balaban J connectivity index is 1.54. The molecule has 3 heterocycles. The van der Waals surface area contributed by atoms with E-state index in [4.69, 9.17) is 0 Å². The molecule has 1 aromatic carbocycles. The number of rotatable bonds is 3. The fourth-order valence-electron chi connectivity index (χ4n) is 4.58. The standard InChI is InChI=1S/C23H24F6N4O/c24-22(25,26)16-12-15(13-17(14-16)23(27,28)29)20-30-7-4-19(31-20)21(34)33-10-5-18(6-11-33)32-8-2-1-3-9-32/h4,7,12-14,18H,1-3,5-6,8-11H2. The second-order valence-electron chi connectivity index (χ2n) is 8.68. The van der Waals surface area contributed by atoms with Gasteiger partial charge < -0.3 is 9.80 Å². The molecule has 0 saturated carbocycles. The van der Waals surface area contributed by atoms with Crippen LogP contribution in [0.4, 0.5) is 26.3 Å². The number of piperidine rings is 2. The smallest absolute Gasteiger partial charge is 0.337 e. The number of carbonyl (C=O) groups is 1. The molecule has 0 spiro atoms. The first-order chi connectivity index (χ1) is 16.0. The minimum absolute atomic E-state index is 0.0466. The van der Waals surface area contributed by atoms with E-state index in [1.54, 1.807) is 4.90 Å². The quantitative estimate of drug-likeness (QED) is 0.555. The summed E-state index contributed by atoms with van der Waals surface area (Å²) in [5, 5.41) is 0. The Kier molecular flexibility index (Phi) is 6.84. The third kappa shape index (κ3) is 5.51. The van der Waals surface area contributed by atoms with Crippen LogP contribution in [-0.2, 0) is 12.4 Å². The fraction of sp³-hybridized carbons (Fsp3) is 0.522. The summed E-state index contributed by atoms with van der Waals surface area (Å²) < 4.78 is 79.2. The Morgan fingerprint density at radius 3 is 2.00 bits per heavy atom. The predicted molar refractivity (Wildman–Crippen MR) is 112 cm³/mol. The zero-order chi connectivity index (χ0) is 24.5. The summed E-state index contributed by atoms with van der Waals surface area (Å²) >= 11 is 0. The average molecular weight is 486 g/mol. The molecule has 0 N–H and O–H groups in total. The van der Waals surface area contributed by atoms with E-state index in [-0.39, 0.29) is 17.6 Å². The minimum Gasteiger partial charge on any atom is -0.337 e. The molecule has 0 radical (unpaired) electrons. The second-order valence-corrected chi connectivity index (χ2v) is 8.68. The summed E-state index contributed by atoms with van der Waals surface area (Å²) in [6.07, 6.45) is -3.59. The molecule has 1 amide bonds. The van der Waals surface area contributed by atoms with Gasteiger partial charge in [-0.1, -0.05) is 6.42 Å². The van der Waals surface area contributed by atoms with Crippen molar-refractivity contribution in [2.75, 3.05) is 26.2 Å². The van der Waals surface area contributed by atoms with Crippen LogP contribution in [0.5, 0.6) is 0 Å². The van der Waals surface area contributed by atoms with E-state index in [0.717, 1.165) is 25.9 Å². The molecule has 2 aromatic rings. The van der Waals surface area contributed by atoms with Crippen molar-refractivity contribution in [3.63, 3.8) is 0 Å². The number of halogens is 6. The maximum absolute atomic E-state index is 13.2. The Labute approximate surface area is 192 Å². The predicted octanol–water partition coefficient (Wildman–Crippen LogP) is 5.27. The number of hydrogen-bond acceptors (Lipinski definition) is 4. The molecule has 2 fully saturated rings. The third-order valence-electron chi connectivity index (χ3n) is 6.38. The highest BCUT2D eigenvalue weighted by molar-refractivity contribution is 5.92. The zero-order valence-electron chi connectivity index (χ0n) is 18.3. The summed E-state index contributed by atoms with van der Waals surface area (Å²) in [5.74, 6) is -0.783. The second kappa shape index (κ2) is 9.52. The van der Waals surface area contributed by atoms with Gasteiger partial charge in [0.25, 0.3) is 5.91 Å². The van der Waals surface area contributed by atoms with Crippen molar-refractivity contribution in [1.82, 2.24) is 19.8 Å². The van der Waals surface area contributed by atoms with Crippen LogP contribution in [0.3, 0.4) is 0 Å². The molecule has 4 rings (SSSR count). The SMILES string of the molecule is O=C(c1ccnc(-c2cc(C(F)(F)F)cc(C(F)(F)F)c2)n1)N1CCC(N2CCCCC2)CC1. The van der Waals surface area contributed by atoms with Gasteiger partial charge in [-0.25, -0.2) is 9.97 Å². The van der Waals surface area contributed by atoms with E-state index in [9.17, 15) is 31.1 Å². The Morgan fingerprint density at radius 2 is 1.44 bits per heavy atom. The monoisotopic (exact) mass is 486 g/mol. The number of carbonyl (C=O) groups excluding carboxylic acids is 1. The van der Waals surface area contributed by atoms with Crippen molar-refractivity contribution in [1.29, 1.82) is 0 Å². The van der Waals surface area contributed by atoms with Gasteiger partial charge in [-0.05, 0) is 63.0 Å². The number of likely N-dealkylation sites (tertiary alicyclic amines) is 2.